The molecule has 0 saturated carbocycles. The van der Waals surface area contributed by atoms with E-state index in [1.165, 1.54) is 12.8 Å². The van der Waals surface area contributed by atoms with Gasteiger partial charge in [0.2, 0.25) is 0 Å². The number of rotatable bonds is 15. The summed E-state index contributed by atoms with van der Waals surface area (Å²) in [5, 5.41) is 18.7. The molecule has 0 radical (unpaired) electrons. The molecule has 0 aliphatic rings. The van der Waals surface area contributed by atoms with E-state index in [1.54, 1.807) is 12.2 Å². The van der Waals surface area contributed by atoms with Crippen LogP contribution in [0.1, 0.15) is 84.5 Å². The van der Waals surface area contributed by atoms with Crippen LogP contribution in [0.5, 0.6) is 0 Å². The summed E-state index contributed by atoms with van der Waals surface area (Å²) < 4.78 is 0. The minimum Gasteiger partial charge on any atom is -0.481 e. The molecule has 0 fully saturated rings. The largest absolute Gasteiger partial charge is 0.481 e. The minimum atomic E-state index is -1.43. The van der Waals surface area contributed by atoms with Gasteiger partial charge >= 0.3 is 11.9 Å². The Bertz CT molecular complexity index is 388. The van der Waals surface area contributed by atoms with Crippen LogP contribution in [0, 0.1) is 5.41 Å². The van der Waals surface area contributed by atoms with Crippen LogP contribution in [-0.2, 0) is 9.59 Å². The molecule has 0 saturated heterocycles. The topological polar surface area (TPSA) is 74.6 Å². The molecule has 0 bridgehead atoms. The highest BCUT2D eigenvalue weighted by molar-refractivity contribution is 5.85. The molecule has 0 aliphatic carbocycles. The fraction of sp³-hybridized carbons (Fsp3) is 0.700. The molecule has 0 aromatic heterocycles. The molecule has 0 heterocycles. The van der Waals surface area contributed by atoms with Gasteiger partial charge in [-0.3, -0.25) is 9.59 Å². The van der Waals surface area contributed by atoms with Crippen molar-refractivity contribution in [1.82, 2.24) is 0 Å². The fourth-order valence-corrected chi connectivity index (χ4v) is 2.61. The molecule has 138 valence electrons. The lowest BCUT2D eigenvalue weighted by atomic mass is 9.83. The number of allylic oxidation sites excluding steroid dienone is 2. The Labute approximate surface area is 146 Å². The van der Waals surface area contributed by atoms with Crippen molar-refractivity contribution in [3.63, 3.8) is 0 Å². The van der Waals surface area contributed by atoms with E-state index in [0.29, 0.717) is 0 Å². The zero-order valence-electron chi connectivity index (χ0n) is 15.3. The predicted octanol–water partition coefficient (Wildman–Crippen LogP) is 5.59. The van der Waals surface area contributed by atoms with Crippen LogP contribution in [0.15, 0.2) is 24.3 Å². The van der Waals surface area contributed by atoms with Gasteiger partial charge in [0, 0.05) is 0 Å². The van der Waals surface area contributed by atoms with E-state index in [1.807, 2.05) is 12.2 Å². The summed E-state index contributed by atoms with van der Waals surface area (Å²) in [6.07, 6.45) is 16.9. The number of carboxylic acids is 2. The highest BCUT2D eigenvalue weighted by Crippen LogP contribution is 2.28. The minimum absolute atomic E-state index is 0.417. The van der Waals surface area contributed by atoms with Crippen LogP contribution in [0.25, 0.3) is 0 Å². The van der Waals surface area contributed by atoms with Gasteiger partial charge in [-0.15, -0.1) is 0 Å². The first-order valence-corrected chi connectivity index (χ1v) is 9.29. The summed E-state index contributed by atoms with van der Waals surface area (Å²) in [5.74, 6) is -2.19. The average molecular weight is 338 g/mol. The Balaban J connectivity index is 4.79. The van der Waals surface area contributed by atoms with Crippen molar-refractivity contribution in [2.45, 2.75) is 84.5 Å². The summed E-state index contributed by atoms with van der Waals surface area (Å²) in [6, 6.07) is 0. The van der Waals surface area contributed by atoms with Gasteiger partial charge in [-0.2, -0.15) is 0 Å². The second kappa shape index (κ2) is 13.8. The zero-order valence-corrected chi connectivity index (χ0v) is 15.3. The van der Waals surface area contributed by atoms with Gasteiger partial charge in [0.1, 0.15) is 5.41 Å². The molecule has 0 aromatic carbocycles. The summed E-state index contributed by atoms with van der Waals surface area (Å²) in [5.41, 5.74) is -1.43. The van der Waals surface area contributed by atoms with Crippen molar-refractivity contribution in [3.05, 3.63) is 24.3 Å². The molecule has 0 aromatic rings. The number of hydrogen-bond acceptors (Lipinski definition) is 2. The summed E-state index contributed by atoms with van der Waals surface area (Å²) in [4.78, 5) is 22.9. The molecule has 4 nitrogen and oxygen atoms in total. The molecule has 0 amide bonds. The molecule has 0 atom stereocenters. The third-order valence-electron chi connectivity index (χ3n) is 4.12. The highest BCUT2D eigenvalue weighted by Gasteiger charge is 2.35. The van der Waals surface area contributed by atoms with Gasteiger partial charge in [0.05, 0.1) is 6.42 Å². The molecule has 0 spiro atoms. The molecular formula is C20H34O4. The molecule has 24 heavy (non-hydrogen) atoms. The first-order valence-electron chi connectivity index (χ1n) is 9.29. The zero-order chi connectivity index (χ0) is 18.3. The van der Waals surface area contributed by atoms with Crippen molar-refractivity contribution >= 4 is 11.9 Å². The molecule has 2 N–H and O–H groups in total. The third-order valence-corrected chi connectivity index (χ3v) is 4.12. The van der Waals surface area contributed by atoms with Gasteiger partial charge in [-0.05, 0) is 25.7 Å². The first kappa shape index (κ1) is 22.4. The SMILES string of the molecule is CCCCCC/C=C/C(/C=C/CCCCCC)(CC(=O)O)C(=O)O. The van der Waals surface area contributed by atoms with Crippen LogP contribution in [0.4, 0.5) is 0 Å². The Morgan fingerprint density at radius 3 is 1.58 bits per heavy atom. The number of hydrogen-bond donors (Lipinski definition) is 2. The van der Waals surface area contributed by atoms with Gasteiger partial charge in [0.15, 0.2) is 0 Å². The molecule has 4 heteroatoms. The van der Waals surface area contributed by atoms with Crippen LogP contribution in [0.3, 0.4) is 0 Å². The number of carboxylic acid groups (broad SMARTS) is 2. The van der Waals surface area contributed by atoms with E-state index in [-0.39, 0.29) is 0 Å². The first-order chi connectivity index (χ1) is 11.5. The molecule has 0 rings (SSSR count). The standard InChI is InChI=1S/C20H34O4/c1-3-5-7-9-11-13-15-20(19(23)24,17-18(21)22)16-14-12-10-8-6-4-2/h13-16H,3-12,17H2,1-2H3,(H,21,22)(H,23,24)/b15-13+,16-14+. The Kier molecular flexibility index (Phi) is 12.9. The molecular weight excluding hydrogens is 304 g/mol. The van der Waals surface area contributed by atoms with E-state index >= 15 is 0 Å². The lowest BCUT2D eigenvalue weighted by molar-refractivity contribution is -0.150. The monoisotopic (exact) mass is 338 g/mol. The Morgan fingerprint density at radius 2 is 1.25 bits per heavy atom. The predicted molar refractivity (Wildman–Crippen MR) is 98.1 cm³/mol. The van der Waals surface area contributed by atoms with Crippen molar-refractivity contribution in [3.8, 4) is 0 Å². The maximum absolute atomic E-state index is 11.7. The number of aliphatic carboxylic acids is 2. The van der Waals surface area contributed by atoms with E-state index in [0.717, 1.165) is 51.4 Å². The summed E-state index contributed by atoms with van der Waals surface area (Å²) in [7, 11) is 0. The van der Waals surface area contributed by atoms with Crippen molar-refractivity contribution in [2.75, 3.05) is 0 Å². The van der Waals surface area contributed by atoms with Crippen LogP contribution in [0.2, 0.25) is 0 Å². The van der Waals surface area contributed by atoms with E-state index in [2.05, 4.69) is 13.8 Å². The molecule has 0 unspecified atom stereocenters. The van der Waals surface area contributed by atoms with Gasteiger partial charge < -0.3 is 10.2 Å². The maximum atomic E-state index is 11.7. The Hall–Kier alpha value is -1.58. The highest BCUT2D eigenvalue weighted by atomic mass is 16.4. The number of carbonyl (C=O) groups is 2. The average Bonchev–Trinajstić information content (AvgIpc) is 2.53. The summed E-state index contributed by atoms with van der Waals surface area (Å²) >= 11 is 0. The van der Waals surface area contributed by atoms with Crippen LogP contribution >= 0.6 is 0 Å². The maximum Gasteiger partial charge on any atom is 0.318 e. The van der Waals surface area contributed by atoms with Gasteiger partial charge in [0.25, 0.3) is 0 Å². The smallest absolute Gasteiger partial charge is 0.318 e. The van der Waals surface area contributed by atoms with Crippen molar-refractivity contribution < 1.29 is 19.8 Å². The van der Waals surface area contributed by atoms with Gasteiger partial charge in [-0.1, -0.05) is 76.7 Å². The third kappa shape index (κ3) is 10.2. The normalized spacial score (nSPS) is 12.2. The summed E-state index contributed by atoms with van der Waals surface area (Å²) in [6.45, 7) is 4.28. The molecule has 0 aliphatic heterocycles. The van der Waals surface area contributed by atoms with Crippen LogP contribution in [-0.4, -0.2) is 22.2 Å². The lowest BCUT2D eigenvalue weighted by Crippen LogP contribution is -2.29. The number of unbranched alkanes of at least 4 members (excludes halogenated alkanes) is 8. The Morgan fingerprint density at radius 1 is 0.792 bits per heavy atom. The van der Waals surface area contributed by atoms with E-state index < -0.39 is 23.8 Å². The van der Waals surface area contributed by atoms with Crippen molar-refractivity contribution in [1.29, 1.82) is 0 Å². The second-order valence-corrected chi connectivity index (χ2v) is 6.42. The van der Waals surface area contributed by atoms with Crippen molar-refractivity contribution in [2.24, 2.45) is 5.41 Å². The fourth-order valence-electron chi connectivity index (χ4n) is 2.61. The lowest BCUT2D eigenvalue weighted by Gasteiger charge is -2.20. The van der Waals surface area contributed by atoms with E-state index in [9.17, 15) is 14.7 Å². The van der Waals surface area contributed by atoms with E-state index in [4.69, 9.17) is 5.11 Å². The second-order valence-electron chi connectivity index (χ2n) is 6.42. The van der Waals surface area contributed by atoms with Crippen LogP contribution < -0.4 is 0 Å². The van der Waals surface area contributed by atoms with Gasteiger partial charge in [-0.25, -0.2) is 0 Å². The quantitative estimate of drug-likeness (QED) is 0.302.